The fourth-order valence-electron chi connectivity index (χ4n) is 1.68. The van der Waals surface area contributed by atoms with Crippen LogP contribution in [0.4, 0.5) is 0 Å². The molecule has 3 nitrogen and oxygen atoms in total. The number of carbonyl (C=O) groups is 1. The predicted octanol–water partition coefficient (Wildman–Crippen LogP) is 2.65. The first kappa shape index (κ1) is 14.9. The molecule has 0 saturated carbocycles. The number of hydrogen-bond donors (Lipinski definition) is 1. The number of amides is 1. The number of unbranched alkanes of at least 4 members (excludes halogenated alkanes) is 1. The van der Waals surface area contributed by atoms with E-state index in [9.17, 15) is 4.79 Å². The minimum Gasteiger partial charge on any atom is -0.351 e. The summed E-state index contributed by atoms with van der Waals surface area (Å²) in [5, 5.41) is 4.93. The molecule has 0 aliphatic carbocycles. The van der Waals surface area contributed by atoms with Gasteiger partial charge in [0.2, 0.25) is 5.91 Å². The van der Waals surface area contributed by atoms with Crippen LogP contribution in [-0.2, 0) is 11.3 Å². The normalized spacial score (nSPS) is 10.6. The fraction of sp³-hybridized carbons (Fsp3) is 0.500. The Labute approximate surface area is 114 Å². The zero-order valence-electron chi connectivity index (χ0n) is 11.0. The highest BCUT2D eigenvalue weighted by Gasteiger charge is 2.06. The number of nitrogens with one attached hydrogen (secondary N) is 1. The SMILES string of the molecule is C=CC(=O)NCCN(CCCC)Cc1cccs1. The van der Waals surface area contributed by atoms with Crippen LogP contribution >= 0.6 is 11.3 Å². The molecule has 0 atom stereocenters. The second kappa shape index (κ2) is 8.89. The van der Waals surface area contributed by atoms with E-state index in [2.05, 4.69) is 41.2 Å². The second-order valence-corrected chi connectivity index (χ2v) is 5.24. The lowest BCUT2D eigenvalue weighted by molar-refractivity contribution is -0.116. The van der Waals surface area contributed by atoms with Gasteiger partial charge in [0.1, 0.15) is 0 Å². The Morgan fingerprint density at radius 2 is 2.39 bits per heavy atom. The molecular weight excluding hydrogens is 244 g/mol. The van der Waals surface area contributed by atoms with Gasteiger partial charge in [0.15, 0.2) is 0 Å². The van der Waals surface area contributed by atoms with E-state index in [-0.39, 0.29) is 5.91 Å². The third-order valence-electron chi connectivity index (χ3n) is 2.70. The molecule has 4 heteroatoms. The van der Waals surface area contributed by atoms with Crippen molar-refractivity contribution < 1.29 is 4.79 Å². The summed E-state index contributed by atoms with van der Waals surface area (Å²) < 4.78 is 0. The molecule has 0 unspecified atom stereocenters. The summed E-state index contributed by atoms with van der Waals surface area (Å²) in [6, 6.07) is 4.24. The van der Waals surface area contributed by atoms with Gasteiger partial charge in [-0.05, 0) is 30.5 Å². The van der Waals surface area contributed by atoms with E-state index in [0.29, 0.717) is 6.54 Å². The lowest BCUT2D eigenvalue weighted by Gasteiger charge is -2.21. The molecule has 18 heavy (non-hydrogen) atoms. The highest BCUT2D eigenvalue weighted by atomic mass is 32.1. The van der Waals surface area contributed by atoms with Crippen molar-refractivity contribution >= 4 is 17.2 Å². The molecular formula is C14H22N2OS. The molecule has 100 valence electrons. The maximum absolute atomic E-state index is 11.1. The molecule has 1 heterocycles. The topological polar surface area (TPSA) is 32.3 Å². The van der Waals surface area contributed by atoms with E-state index in [0.717, 1.165) is 19.6 Å². The average Bonchev–Trinajstić information content (AvgIpc) is 2.88. The van der Waals surface area contributed by atoms with Gasteiger partial charge in [0.05, 0.1) is 0 Å². The van der Waals surface area contributed by atoms with Crippen molar-refractivity contribution in [3.05, 3.63) is 35.0 Å². The number of carbonyl (C=O) groups excluding carboxylic acids is 1. The van der Waals surface area contributed by atoms with E-state index in [1.165, 1.54) is 23.8 Å². The van der Waals surface area contributed by atoms with Crippen LogP contribution < -0.4 is 5.32 Å². The first-order valence-corrected chi connectivity index (χ1v) is 7.29. The fourth-order valence-corrected chi connectivity index (χ4v) is 2.43. The monoisotopic (exact) mass is 266 g/mol. The Bertz CT molecular complexity index is 349. The van der Waals surface area contributed by atoms with E-state index in [1.807, 2.05) is 0 Å². The molecule has 0 aliphatic rings. The third-order valence-corrected chi connectivity index (χ3v) is 3.56. The van der Waals surface area contributed by atoms with Crippen molar-refractivity contribution in [2.24, 2.45) is 0 Å². The minimum absolute atomic E-state index is 0.0958. The average molecular weight is 266 g/mol. The van der Waals surface area contributed by atoms with E-state index < -0.39 is 0 Å². The van der Waals surface area contributed by atoms with Crippen LogP contribution in [0.15, 0.2) is 30.2 Å². The van der Waals surface area contributed by atoms with Gasteiger partial charge in [-0.2, -0.15) is 0 Å². The van der Waals surface area contributed by atoms with Gasteiger partial charge in [-0.25, -0.2) is 0 Å². The van der Waals surface area contributed by atoms with Gasteiger partial charge >= 0.3 is 0 Å². The molecule has 0 spiro atoms. The highest BCUT2D eigenvalue weighted by Crippen LogP contribution is 2.12. The minimum atomic E-state index is -0.0958. The van der Waals surface area contributed by atoms with Crippen molar-refractivity contribution in [2.45, 2.75) is 26.3 Å². The van der Waals surface area contributed by atoms with Crippen LogP contribution in [-0.4, -0.2) is 30.4 Å². The number of rotatable bonds is 9. The molecule has 0 saturated heterocycles. The molecule has 0 aromatic carbocycles. The Kier molecular flexibility index (Phi) is 7.37. The van der Waals surface area contributed by atoms with E-state index in [1.54, 1.807) is 11.3 Å². The lowest BCUT2D eigenvalue weighted by Crippen LogP contribution is -2.34. The van der Waals surface area contributed by atoms with Crippen molar-refractivity contribution in [3.63, 3.8) is 0 Å². The largest absolute Gasteiger partial charge is 0.351 e. The Hall–Kier alpha value is -1.13. The second-order valence-electron chi connectivity index (χ2n) is 4.20. The third kappa shape index (κ3) is 5.98. The van der Waals surface area contributed by atoms with E-state index in [4.69, 9.17) is 0 Å². The molecule has 1 amide bonds. The van der Waals surface area contributed by atoms with Crippen LogP contribution in [0.2, 0.25) is 0 Å². The smallest absolute Gasteiger partial charge is 0.243 e. The quantitative estimate of drug-likeness (QED) is 0.697. The van der Waals surface area contributed by atoms with Gasteiger partial charge in [-0.3, -0.25) is 9.69 Å². The summed E-state index contributed by atoms with van der Waals surface area (Å²) in [4.78, 5) is 14.8. The number of hydrogen-bond acceptors (Lipinski definition) is 3. The van der Waals surface area contributed by atoms with Crippen LogP contribution in [0.5, 0.6) is 0 Å². The lowest BCUT2D eigenvalue weighted by atomic mass is 10.3. The Morgan fingerprint density at radius 1 is 1.56 bits per heavy atom. The Balaban J connectivity index is 2.35. The van der Waals surface area contributed by atoms with Crippen molar-refractivity contribution in [1.29, 1.82) is 0 Å². The Morgan fingerprint density at radius 3 is 3.00 bits per heavy atom. The molecule has 0 bridgehead atoms. The van der Waals surface area contributed by atoms with Crippen LogP contribution in [0.25, 0.3) is 0 Å². The van der Waals surface area contributed by atoms with Gasteiger partial charge in [-0.1, -0.05) is 26.0 Å². The van der Waals surface area contributed by atoms with Crippen molar-refractivity contribution in [1.82, 2.24) is 10.2 Å². The van der Waals surface area contributed by atoms with E-state index >= 15 is 0 Å². The summed E-state index contributed by atoms with van der Waals surface area (Å²) in [6.07, 6.45) is 3.70. The zero-order valence-corrected chi connectivity index (χ0v) is 11.8. The van der Waals surface area contributed by atoms with Crippen LogP contribution in [0, 0.1) is 0 Å². The van der Waals surface area contributed by atoms with Crippen molar-refractivity contribution in [3.8, 4) is 0 Å². The van der Waals surface area contributed by atoms with Gasteiger partial charge in [0, 0.05) is 24.5 Å². The molecule has 1 aromatic rings. The molecule has 0 fully saturated rings. The maximum Gasteiger partial charge on any atom is 0.243 e. The predicted molar refractivity (Wildman–Crippen MR) is 77.7 cm³/mol. The van der Waals surface area contributed by atoms with Gasteiger partial charge < -0.3 is 5.32 Å². The van der Waals surface area contributed by atoms with Gasteiger partial charge in [-0.15, -0.1) is 11.3 Å². The zero-order chi connectivity index (χ0) is 13.2. The summed E-state index contributed by atoms with van der Waals surface area (Å²) in [7, 11) is 0. The molecule has 1 N–H and O–H groups in total. The summed E-state index contributed by atoms with van der Waals surface area (Å²) in [5.74, 6) is -0.0958. The summed E-state index contributed by atoms with van der Waals surface area (Å²) in [6.45, 7) is 9.26. The first-order chi connectivity index (χ1) is 8.76. The molecule has 0 aliphatic heterocycles. The summed E-state index contributed by atoms with van der Waals surface area (Å²) in [5.41, 5.74) is 0. The van der Waals surface area contributed by atoms with Crippen LogP contribution in [0.1, 0.15) is 24.6 Å². The highest BCUT2D eigenvalue weighted by molar-refractivity contribution is 7.09. The van der Waals surface area contributed by atoms with Gasteiger partial charge in [0.25, 0.3) is 0 Å². The number of nitrogens with zero attached hydrogens (tertiary/aromatic N) is 1. The summed E-state index contributed by atoms with van der Waals surface area (Å²) >= 11 is 1.78. The molecule has 1 rings (SSSR count). The van der Waals surface area contributed by atoms with Crippen molar-refractivity contribution in [2.75, 3.05) is 19.6 Å². The molecule has 0 radical (unpaired) electrons. The first-order valence-electron chi connectivity index (χ1n) is 6.41. The number of thiophene rings is 1. The maximum atomic E-state index is 11.1. The standard InChI is InChI=1S/C14H22N2OS/c1-3-5-9-16(10-8-15-14(17)4-2)12-13-7-6-11-18-13/h4,6-7,11H,2-3,5,8-10,12H2,1H3,(H,15,17). The van der Waals surface area contributed by atoms with Crippen LogP contribution in [0.3, 0.4) is 0 Å². The molecule has 1 aromatic heterocycles.